The Kier molecular flexibility index (Phi) is 9.00. The van der Waals surface area contributed by atoms with E-state index in [0.717, 1.165) is 0 Å². The second-order valence-corrected chi connectivity index (χ2v) is 23.6. The number of hydrogen-bond donors (Lipinski definition) is 0. The molecule has 2 nitrogen and oxygen atoms in total. The van der Waals surface area contributed by atoms with Gasteiger partial charge in [0.05, 0.1) is 0 Å². The van der Waals surface area contributed by atoms with Crippen LogP contribution in [0, 0.1) is 6.92 Å². The smallest absolute Gasteiger partial charge is 0.252 e. The lowest BCUT2D eigenvalue weighted by Crippen LogP contribution is -2.61. The highest BCUT2D eigenvalue weighted by atomic mass is 15.2. The first-order valence-corrected chi connectivity index (χ1v) is 22.0. The summed E-state index contributed by atoms with van der Waals surface area (Å²) in [4.78, 5) is 5.29. The topological polar surface area (TPSA) is 6.48 Å². The van der Waals surface area contributed by atoms with Crippen molar-refractivity contribution in [3.8, 4) is 0 Å². The number of fused-ring (bicyclic) bond motifs is 5. The van der Waals surface area contributed by atoms with Gasteiger partial charge in [-0.1, -0.05) is 147 Å². The van der Waals surface area contributed by atoms with Crippen molar-refractivity contribution < 1.29 is 0 Å². The summed E-state index contributed by atoms with van der Waals surface area (Å²) in [5.41, 5.74) is 21.8. The number of aryl methyl sites for hydroxylation is 1. The molecule has 3 aliphatic rings. The van der Waals surface area contributed by atoms with Crippen LogP contribution >= 0.6 is 0 Å². The molecule has 0 saturated carbocycles. The first-order chi connectivity index (χ1) is 26.7. The first-order valence-electron chi connectivity index (χ1n) is 22.0. The summed E-state index contributed by atoms with van der Waals surface area (Å²) >= 11 is 0. The summed E-state index contributed by atoms with van der Waals surface area (Å²) in [6.07, 6.45) is 2.37. The van der Waals surface area contributed by atoms with Crippen molar-refractivity contribution in [3.05, 3.63) is 124 Å². The van der Waals surface area contributed by atoms with Crippen LogP contribution in [-0.4, -0.2) is 6.71 Å². The zero-order valence-corrected chi connectivity index (χ0v) is 39.0. The van der Waals surface area contributed by atoms with E-state index in [1.54, 1.807) is 0 Å². The van der Waals surface area contributed by atoms with Crippen LogP contribution in [0.1, 0.15) is 163 Å². The van der Waals surface area contributed by atoms with E-state index in [2.05, 4.69) is 212 Å². The van der Waals surface area contributed by atoms with E-state index >= 15 is 0 Å². The Morgan fingerprint density at radius 3 is 1.28 bits per heavy atom. The second kappa shape index (κ2) is 12.9. The Morgan fingerprint density at radius 2 is 0.845 bits per heavy atom. The molecule has 58 heavy (non-hydrogen) atoms. The van der Waals surface area contributed by atoms with Crippen molar-refractivity contribution in [1.82, 2.24) is 0 Å². The average molecular weight is 769 g/mol. The van der Waals surface area contributed by atoms with Crippen molar-refractivity contribution in [1.29, 1.82) is 0 Å². The maximum absolute atomic E-state index is 2.68. The van der Waals surface area contributed by atoms with Gasteiger partial charge in [-0.25, -0.2) is 0 Å². The summed E-state index contributed by atoms with van der Waals surface area (Å²) in [6, 6.07) is 34.4. The lowest BCUT2D eigenvalue weighted by molar-refractivity contribution is 0.332. The van der Waals surface area contributed by atoms with Crippen LogP contribution in [0.25, 0.3) is 0 Å². The second-order valence-electron chi connectivity index (χ2n) is 23.6. The summed E-state index contributed by atoms with van der Waals surface area (Å²) in [5, 5.41) is 0. The molecule has 0 bridgehead atoms. The summed E-state index contributed by atoms with van der Waals surface area (Å²) in [6.45, 7) is 40.6. The van der Waals surface area contributed by atoms with Crippen LogP contribution in [0.5, 0.6) is 0 Å². The van der Waals surface area contributed by atoms with E-state index in [1.165, 1.54) is 102 Å². The van der Waals surface area contributed by atoms with Gasteiger partial charge in [-0.3, -0.25) is 0 Å². The maximum Gasteiger partial charge on any atom is 0.252 e. The minimum Gasteiger partial charge on any atom is -0.311 e. The predicted molar refractivity (Wildman–Crippen MR) is 255 cm³/mol. The Balaban J connectivity index is 1.52. The fraction of sp³-hybridized carbons (Fsp3) is 0.455. The van der Waals surface area contributed by atoms with Crippen molar-refractivity contribution in [3.63, 3.8) is 0 Å². The SMILES string of the molecule is Cc1cc2c3c(c1)N(c1cc(C(C)(C)C)cc(C(C)(C)C)c1)c1cc4c(cc1B3c1ccccc1N2c1cc(C(C)(C)C)cc(C(C)(C)C)c1)C(C)(C)CCC4(C)C. The number of para-hydroxylation sites is 1. The van der Waals surface area contributed by atoms with Crippen LogP contribution in [0.3, 0.4) is 0 Å². The Labute approximate surface area is 352 Å². The molecule has 0 saturated heterocycles. The van der Waals surface area contributed by atoms with Crippen LogP contribution in [-0.2, 0) is 32.5 Å². The molecule has 0 radical (unpaired) electrons. The lowest BCUT2D eigenvalue weighted by atomic mass is 9.33. The Bertz CT molecular complexity index is 2400. The van der Waals surface area contributed by atoms with Gasteiger partial charge in [-0.05, 0) is 156 Å². The molecule has 0 aromatic heterocycles. The quantitative estimate of drug-likeness (QED) is 0.162. The molecule has 2 aliphatic heterocycles. The number of nitrogens with zero attached hydrogens (tertiary/aromatic N) is 2. The van der Waals surface area contributed by atoms with Crippen LogP contribution in [0.15, 0.2) is 84.9 Å². The van der Waals surface area contributed by atoms with Gasteiger partial charge >= 0.3 is 0 Å². The highest BCUT2D eigenvalue weighted by molar-refractivity contribution is 7.00. The minimum atomic E-state index is -0.0103. The third kappa shape index (κ3) is 6.64. The molecule has 0 amide bonds. The molecule has 1 aliphatic carbocycles. The van der Waals surface area contributed by atoms with Crippen molar-refractivity contribution >= 4 is 57.2 Å². The molecule has 5 aromatic carbocycles. The largest absolute Gasteiger partial charge is 0.311 e. The van der Waals surface area contributed by atoms with Crippen molar-refractivity contribution in [2.45, 2.75) is 163 Å². The van der Waals surface area contributed by atoms with E-state index < -0.39 is 0 Å². The number of anilines is 6. The summed E-state index contributed by atoms with van der Waals surface area (Å²) in [7, 11) is 0. The van der Waals surface area contributed by atoms with Crippen LogP contribution in [0.4, 0.5) is 34.1 Å². The van der Waals surface area contributed by atoms with E-state index in [0.29, 0.717) is 0 Å². The monoisotopic (exact) mass is 769 g/mol. The zero-order valence-electron chi connectivity index (χ0n) is 39.0. The third-order valence-electron chi connectivity index (χ3n) is 13.9. The Morgan fingerprint density at radius 1 is 0.448 bits per heavy atom. The van der Waals surface area contributed by atoms with Crippen molar-refractivity contribution in [2.24, 2.45) is 0 Å². The van der Waals surface area contributed by atoms with Crippen molar-refractivity contribution in [2.75, 3.05) is 9.80 Å². The van der Waals surface area contributed by atoms with E-state index in [-0.39, 0.29) is 39.2 Å². The molecule has 0 N–H and O–H groups in total. The van der Waals surface area contributed by atoms with Gasteiger partial charge in [-0.15, -0.1) is 0 Å². The molecule has 0 atom stereocenters. The fourth-order valence-corrected chi connectivity index (χ4v) is 9.91. The number of rotatable bonds is 2. The molecular formula is C55H69BN2. The molecule has 0 fully saturated rings. The number of hydrogen-bond acceptors (Lipinski definition) is 2. The molecule has 3 heteroatoms. The molecule has 302 valence electrons. The van der Waals surface area contributed by atoms with E-state index in [1.807, 2.05) is 0 Å². The minimum absolute atomic E-state index is 0.00186. The van der Waals surface area contributed by atoms with Gasteiger partial charge in [0.2, 0.25) is 0 Å². The maximum atomic E-state index is 2.68. The van der Waals surface area contributed by atoms with Gasteiger partial charge in [0.1, 0.15) is 0 Å². The van der Waals surface area contributed by atoms with Gasteiger partial charge in [0, 0.05) is 34.1 Å². The first kappa shape index (κ1) is 40.5. The van der Waals surface area contributed by atoms with E-state index in [4.69, 9.17) is 0 Å². The molecule has 2 heterocycles. The number of benzene rings is 5. The highest BCUT2D eigenvalue weighted by Gasteiger charge is 2.46. The standard InChI is InChI=1S/C55H69BN2/c1-34-24-47-49-48(25-34)58(40-30-37(52(8,9)10)27-38(31-40)53(11,12)13)46-33-42-41(54(14,15)22-23-55(42,16)17)32-44(46)56(49)43-20-18-19-21-45(43)57(47)39-28-35(50(2,3)4)26-36(29-39)51(5,6)7/h18-21,24-33H,22-23H2,1-17H3. The zero-order chi connectivity index (χ0) is 42.3. The normalized spacial score (nSPS) is 17.1. The summed E-state index contributed by atoms with van der Waals surface area (Å²) in [5.74, 6) is 0. The van der Waals surface area contributed by atoms with E-state index in [9.17, 15) is 0 Å². The summed E-state index contributed by atoms with van der Waals surface area (Å²) < 4.78 is 0. The van der Waals surface area contributed by atoms with Crippen LogP contribution < -0.4 is 26.2 Å². The van der Waals surface area contributed by atoms with Gasteiger partial charge in [-0.2, -0.15) is 0 Å². The van der Waals surface area contributed by atoms with Gasteiger partial charge < -0.3 is 9.80 Å². The molecule has 8 rings (SSSR count). The lowest BCUT2D eigenvalue weighted by Gasteiger charge is -2.47. The van der Waals surface area contributed by atoms with Gasteiger partial charge in [0.15, 0.2) is 0 Å². The fourth-order valence-electron chi connectivity index (χ4n) is 9.91. The highest BCUT2D eigenvalue weighted by Crippen LogP contribution is 2.51. The molecule has 0 unspecified atom stereocenters. The molecule has 5 aromatic rings. The Hall–Kier alpha value is -4.24. The van der Waals surface area contributed by atoms with Crippen LogP contribution in [0.2, 0.25) is 0 Å². The molecule has 0 spiro atoms. The van der Waals surface area contributed by atoms with Gasteiger partial charge in [0.25, 0.3) is 6.71 Å². The predicted octanol–water partition coefficient (Wildman–Crippen LogP) is 13.6. The third-order valence-corrected chi connectivity index (χ3v) is 13.9. The molecular weight excluding hydrogens is 699 g/mol. The average Bonchev–Trinajstić information content (AvgIpc) is 3.11.